The number of fused-ring (bicyclic) bond motifs is 2. The molecule has 2 saturated heterocycles. The number of likely N-dealkylation sites (tertiary alicyclic amines) is 2. The molecule has 202 valence electrons. The summed E-state index contributed by atoms with van der Waals surface area (Å²) in [4.78, 5) is 35.4. The first kappa shape index (κ1) is 25.6. The maximum Gasteiger partial charge on any atom is 0.255 e. The van der Waals surface area contributed by atoms with Gasteiger partial charge in [-0.3, -0.25) is 14.5 Å². The van der Waals surface area contributed by atoms with Crippen molar-refractivity contribution < 1.29 is 9.59 Å². The van der Waals surface area contributed by atoms with Crippen LogP contribution >= 0.6 is 0 Å². The Balaban J connectivity index is 1.06. The normalized spacial score (nSPS) is 19.0. The van der Waals surface area contributed by atoms with Gasteiger partial charge >= 0.3 is 0 Å². The molecule has 4 aromatic rings. The molecule has 6 rings (SSSR count). The standard InChI is InChI=1S/C32H37N5O2/c38-31(34-14-6-16-35-20-15-33-23-35)26-9-5-17-37(22-26)27-12-18-36(19-13-27)32(39)30-28-10-3-1-7-24(28)21-25-8-2-4-11-29(25)30/h1-4,7-8,10-11,15,20-21,23,26-27H,5-6,9,12-14,16-19,22H2,(H,34,38). The first-order valence-corrected chi connectivity index (χ1v) is 14.3. The van der Waals surface area contributed by atoms with Gasteiger partial charge in [-0.1, -0.05) is 48.5 Å². The molecule has 0 radical (unpaired) electrons. The summed E-state index contributed by atoms with van der Waals surface area (Å²) in [6.07, 6.45) is 10.3. The summed E-state index contributed by atoms with van der Waals surface area (Å²) < 4.78 is 2.04. The van der Waals surface area contributed by atoms with Crippen LogP contribution in [0.5, 0.6) is 0 Å². The van der Waals surface area contributed by atoms with Gasteiger partial charge in [0, 0.05) is 51.2 Å². The maximum atomic E-state index is 13.9. The number of hydrogen-bond acceptors (Lipinski definition) is 4. The number of benzene rings is 3. The zero-order chi connectivity index (χ0) is 26.6. The first-order chi connectivity index (χ1) is 19.2. The molecule has 3 aromatic carbocycles. The quantitative estimate of drug-likeness (QED) is 0.281. The summed E-state index contributed by atoms with van der Waals surface area (Å²) in [5.74, 6) is 0.363. The van der Waals surface area contributed by atoms with Gasteiger partial charge in [-0.05, 0) is 66.3 Å². The van der Waals surface area contributed by atoms with E-state index in [1.165, 1.54) is 0 Å². The second-order valence-electron chi connectivity index (χ2n) is 11.0. The molecule has 3 heterocycles. The highest BCUT2D eigenvalue weighted by Gasteiger charge is 2.33. The lowest BCUT2D eigenvalue weighted by atomic mass is 9.92. The van der Waals surface area contributed by atoms with Crippen LogP contribution < -0.4 is 5.32 Å². The fourth-order valence-corrected chi connectivity index (χ4v) is 6.42. The number of amides is 2. The van der Waals surface area contributed by atoms with Crippen molar-refractivity contribution >= 4 is 33.4 Å². The molecular formula is C32H37N5O2. The minimum Gasteiger partial charge on any atom is -0.356 e. The van der Waals surface area contributed by atoms with Crippen molar-refractivity contribution in [3.05, 3.63) is 78.9 Å². The van der Waals surface area contributed by atoms with Crippen LogP contribution in [-0.2, 0) is 11.3 Å². The predicted octanol–water partition coefficient (Wildman–Crippen LogP) is 4.71. The van der Waals surface area contributed by atoms with Gasteiger partial charge in [0.2, 0.25) is 5.91 Å². The fraction of sp³-hybridized carbons (Fsp3) is 0.406. The molecule has 1 aromatic heterocycles. The number of carbonyl (C=O) groups is 2. The number of aryl methyl sites for hydroxylation is 1. The molecule has 0 spiro atoms. The highest BCUT2D eigenvalue weighted by atomic mass is 16.2. The lowest BCUT2D eigenvalue weighted by Crippen LogP contribution is -2.51. The number of piperidine rings is 2. The van der Waals surface area contributed by atoms with Crippen LogP contribution in [0.15, 0.2) is 73.3 Å². The third-order valence-corrected chi connectivity index (χ3v) is 8.53. The van der Waals surface area contributed by atoms with Gasteiger partial charge < -0.3 is 14.8 Å². The second kappa shape index (κ2) is 11.6. The van der Waals surface area contributed by atoms with Crippen molar-refractivity contribution in [2.45, 2.75) is 44.7 Å². The largest absolute Gasteiger partial charge is 0.356 e. The zero-order valence-corrected chi connectivity index (χ0v) is 22.5. The van der Waals surface area contributed by atoms with Gasteiger partial charge in [0.05, 0.1) is 17.8 Å². The van der Waals surface area contributed by atoms with E-state index in [1.54, 1.807) is 6.20 Å². The van der Waals surface area contributed by atoms with Gasteiger partial charge in [0.1, 0.15) is 0 Å². The third kappa shape index (κ3) is 5.55. The number of nitrogens with zero attached hydrogens (tertiary/aromatic N) is 4. The van der Waals surface area contributed by atoms with E-state index in [4.69, 9.17) is 0 Å². The van der Waals surface area contributed by atoms with Gasteiger partial charge in [-0.15, -0.1) is 0 Å². The highest BCUT2D eigenvalue weighted by molar-refractivity contribution is 6.18. The zero-order valence-electron chi connectivity index (χ0n) is 22.5. The molecule has 0 saturated carbocycles. The second-order valence-corrected chi connectivity index (χ2v) is 11.0. The monoisotopic (exact) mass is 523 g/mol. The summed E-state index contributed by atoms with van der Waals surface area (Å²) in [5, 5.41) is 7.42. The number of carbonyl (C=O) groups excluding carboxylic acids is 2. The number of rotatable bonds is 7. The van der Waals surface area contributed by atoms with E-state index < -0.39 is 0 Å². The Kier molecular flexibility index (Phi) is 7.59. The van der Waals surface area contributed by atoms with Crippen molar-refractivity contribution in [1.82, 2.24) is 24.7 Å². The minimum absolute atomic E-state index is 0.0497. The summed E-state index contributed by atoms with van der Waals surface area (Å²) in [7, 11) is 0. The molecular weight excluding hydrogens is 486 g/mol. The Morgan fingerprint density at radius 3 is 2.33 bits per heavy atom. The lowest BCUT2D eigenvalue weighted by molar-refractivity contribution is -0.127. The van der Waals surface area contributed by atoms with Crippen molar-refractivity contribution in [2.75, 3.05) is 32.7 Å². The minimum atomic E-state index is 0.0497. The fourth-order valence-electron chi connectivity index (χ4n) is 6.42. The molecule has 2 amide bonds. The van der Waals surface area contributed by atoms with E-state index in [0.29, 0.717) is 12.6 Å². The van der Waals surface area contributed by atoms with E-state index in [0.717, 1.165) is 91.9 Å². The number of imidazole rings is 1. The smallest absolute Gasteiger partial charge is 0.255 e. The molecule has 0 aliphatic carbocycles. The van der Waals surface area contributed by atoms with E-state index in [1.807, 2.05) is 46.3 Å². The van der Waals surface area contributed by atoms with E-state index in [2.05, 4.69) is 45.5 Å². The Morgan fingerprint density at radius 1 is 0.923 bits per heavy atom. The average Bonchev–Trinajstić information content (AvgIpc) is 3.51. The first-order valence-electron chi connectivity index (χ1n) is 14.3. The number of nitrogens with one attached hydrogen (secondary N) is 1. The predicted molar refractivity (Wildman–Crippen MR) is 155 cm³/mol. The van der Waals surface area contributed by atoms with Crippen LogP contribution in [-0.4, -0.2) is 69.9 Å². The molecule has 1 unspecified atom stereocenters. The molecule has 1 atom stereocenters. The van der Waals surface area contributed by atoms with Crippen LogP contribution in [0.2, 0.25) is 0 Å². The van der Waals surface area contributed by atoms with E-state index in [-0.39, 0.29) is 17.7 Å². The van der Waals surface area contributed by atoms with Crippen LogP contribution in [0.3, 0.4) is 0 Å². The van der Waals surface area contributed by atoms with Crippen LogP contribution in [0, 0.1) is 5.92 Å². The number of hydrogen-bond donors (Lipinski definition) is 1. The topological polar surface area (TPSA) is 70.5 Å². The molecule has 2 aliphatic rings. The Labute approximate surface area is 229 Å². The molecule has 39 heavy (non-hydrogen) atoms. The van der Waals surface area contributed by atoms with Crippen molar-refractivity contribution in [2.24, 2.45) is 5.92 Å². The Hall–Kier alpha value is -3.71. The average molecular weight is 524 g/mol. The van der Waals surface area contributed by atoms with Gasteiger partial charge in [-0.2, -0.15) is 0 Å². The van der Waals surface area contributed by atoms with Gasteiger partial charge in [-0.25, -0.2) is 4.98 Å². The van der Waals surface area contributed by atoms with Crippen LogP contribution in [0.25, 0.3) is 21.5 Å². The van der Waals surface area contributed by atoms with Gasteiger partial charge in [0.25, 0.3) is 5.91 Å². The Morgan fingerprint density at radius 2 is 1.64 bits per heavy atom. The van der Waals surface area contributed by atoms with E-state index in [9.17, 15) is 9.59 Å². The third-order valence-electron chi connectivity index (χ3n) is 8.53. The summed E-state index contributed by atoms with van der Waals surface area (Å²) in [6, 6.07) is 19.0. The van der Waals surface area contributed by atoms with Crippen molar-refractivity contribution in [3.8, 4) is 0 Å². The SMILES string of the molecule is O=C(NCCCn1ccnc1)C1CCCN(C2CCN(C(=O)c3c4ccccc4cc4ccccc34)CC2)C1. The van der Waals surface area contributed by atoms with Crippen molar-refractivity contribution in [3.63, 3.8) is 0 Å². The Bertz CT molecular complexity index is 1390. The van der Waals surface area contributed by atoms with Crippen LogP contribution in [0.1, 0.15) is 42.5 Å². The molecule has 2 fully saturated rings. The summed E-state index contributed by atoms with van der Waals surface area (Å²) in [5.41, 5.74) is 0.824. The molecule has 7 nitrogen and oxygen atoms in total. The number of aromatic nitrogens is 2. The van der Waals surface area contributed by atoms with Gasteiger partial charge in [0.15, 0.2) is 0 Å². The molecule has 2 aliphatic heterocycles. The van der Waals surface area contributed by atoms with E-state index >= 15 is 0 Å². The lowest BCUT2D eigenvalue weighted by Gasteiger charge is -2.42. The summed E-state index contributed by atoms with van der Waals surface area (Å²) >= 11 is 0. The maximum absolute atomic E-state index is 13.9. The summed E-state index contributed by atoms with van der Waals surface area (Å²) in [6.45, 7) is 4.92. The highest BCUT2D eigenvalue weighted by Crippen LogP contribution is 2.31. The molecule has 1 N–H and O–H groups in total. The van der Waals surface area contributed by atoms with Crippen LogP contribution in [0.4, 0.5) is 0 Å². The van der Waals surface area contributed by atoms with Crippen molar-refractivity contribution in [1.29, 1.82) is 0 Å². The molecule has 0 bridgehead atoms. The molecule has 7 heteroatoms.